The van der Waals surface area contributed by atoms with Gasteiger partial charge in [-0.2, -0.15) is 0 Å². The van der Waals surface area contributed by atoms with Crippen LogP contribution < -0.4 is 5.32 Å². The fraction of sp³-hybridized carbons (Fsp3) is 0.600. The van der Waals surface area contributed by atoms with Crippen molar-refractivity contribution in [2.75, 3.05) is 12.4 Å². The van der Waals surface area contributed by atoms with Crippen LogP contribution in [0.2, 0.25) is 5.02 Å². The van der Waals surface area contributed by atoms with Gasteiger partial charge in [0.1, 0.15) is 0 Å². The molecule has 4 bridgehead atoms. The molecule has 2 aromatic rings. The fourth-order valence-corrected chi connectivity index (χ4v) is 7.58. The Morgan fingerprint density at radius 2 is 1.85 bits per heavy atom. The van der Waals surface area contributed by atoms with Crippen LogP contribution in [0.1, 0.15) is 56.8 Å². The number of halogens is 1. The molecule has 1 aromatic heterocycles. The number of rotatable bonds is 8. The number of nitrogens with one attached hydrogen (secondary N) is 1. The summed E-state index contributed by atoms with van der Waals surface area (Å²) in [5.41, 5.74) is 1.51. The zero-order valence-electron chi connectivity index (χ0n) is 19.7. The summed E-state index contributed by atoms with van der Waals surface area (Å²) in [7, 11) is 0. The lowest BCUT2D eigenvalue weighted by atomic mass is 9.49. The minimum absolute atomic E-state index is 0.130. The first-order chi connectivity index (χ1) is 16.4. The average molecular weight is 503 g/mol. The molecule has 6 rings (SSSR count). The topological polar surface area (TPSA) is 86.1 Å². The molecule has 0 radical (unpaired) electrons. The van der Waals surface area contributed by atoms with Gasteiger partial charge in [0.2, 0.25) is 5.91 Å². The van der Waals surface area contributed by atoms with Crippen LogP contribution in [-0.4, -0.2) is 39.0 Å². The number of nitrogens with zero attached hydrogens (tertiary/aromatic N) is 3. The third kappa shape index (κ3) is 4.47. The van der Waals surface area contributed by atoms with E-state index in [1.807, 2.05) is 29.7 Å². The molecule has 9 heteroatoms. The number of aromatic nitrogens is 3. The van der Waals surface area contributed by atoms with Crippen molar-refractivity contribution in [3.05, 3.63) is 34.6 Å². The van der Waals surface area contributed by atoms with E-state index in [-0.39, 0.29) is 29.6 Å². The lowest BCUT2D eigenvalue weighted by molar-refractivity contribution is -0.146. The van der Waals surface area contributed by atoms with E-state index in [0.717, 1.165) is 30.5 Å². The normalized spacial score (nSPS) is 27.1. The summed E-state index contributed by atoms with van der Waals surface area (Å²) < 4.78 is 6.95. The highest BCUT2D eigenvalue weighted by atomic mass is 35.5. The molecule has 182 valence electrons. The first kappa shape index (κ1) is 23.7. The number of ether oxygens (including phenoxy) is 1. The van der Waals surface area contributed by atoms with Crippen LogP contribution in [-0.2, 0) is 20.9 Å². The lowest BCUT2D eigenvalue weighted by Crippen LogP contribution is -2.53. The second-order valence-electron chi connectivity index (χ2n) is 10.1. The maximum atomic E-state index is 13.5. The third-order valence-electron chi connectivity index (χ3n) is 7.73. The maximum absolute atomic E-state index is 13.5. The van der Waals surface area contributed by atoms with E-state index in [9.17, 15) is 9.59 Å². The Bertz CT molecular complexity index is 1070. The van der Waals surface area contributed by atoms with Gasteiger partial charge in [0.15, 0.2) is 11.0 Å². The zero-order valence-corrected chi connectivity index (χ0v) is 21.3. The van der Waals surface area contributed by atoms with E-state index in [0.29, 0.717) is 40.4 Å². The Morgan fingerprint density at radius 1 is 1.18 bits per heavy atom. The summed E-state index contributed by atoms with van der Waals surface area (Å²) >= 11 is 7.67. The Balaban J connectivity index is 1.37. The lowest BCUT2D eigenvalue weighted by Gasteiger charge is -2.55. The molecule has 4 fully saturated rings. The van der Waals surface area contributed by atoms with Crippen LogP contribution in [0.3, 0.4) is 0 Å². The van der Waals surface area contributed by atoms with Gasteiger partial charge in [0.25, 0.3) is 0 Å². The van der Waals surface area contributed by atoms with Crippen molar-refractivity contribution in [2.24, 2.45) is 23.2 Å². The molecule has 0 atom stereocenters. The molecule has 7 nitrogen and oxygen atoms in total. The molecule has 4 aliphatic rings. The number of esters is 1. The summed E-state index contributed by atoms with van der Waals surface area (Å²) in [6, 6.07) is 5.66. The largest absolute Gasteiger partial charge is 0.465 e. The minimum Gasteiger partial charge on any atom is -0.465 e. The standard InChI is InChI=1S/C25H31ClN4O3S/c1-3-33-22(31)14-34-24-29-28-21(30(24)20-6-4-5-19(26)15(20)2)13-27-23(32)25-10-16-7-17(11-25)9-18(8-16)12-25/h4-6,16-18H,3,7-14H2,1-2H3,(H,27,32). The number of amides is 1. The number of hydrogen-bond donors (Lipinski definition) is 1. The molecule has 0 unspecified atom stereocenters. The van der Waals surface area contributed by atoms with Crippen molar-refractivity contribution < 1.29 is 14.3 Å². The zero-order chi connectivity index (χ0) is 23.9. The Kier molecular flexibility index (Phi) is 6.64. The SMILES string of the molecule is CCOC(=O)CSc1nnc(CNC(=O)C23CC4CC(CC(C4)C2)C3)n1-c1cccc(Cl)c1C. The van der Waals surface area contributed by atoms with Gasteiger partial charge in [-0.05, 0) is 87.8 Å². The summed E-state index contributed by atoms with van der Waals surface area (Å²) in [5.74, 6) is 2.73. The average Bonchev–Trinajstić information content (AvgIpc) is 3.19. The summed E-state index contributed by atoms with van der Waals surface area (Å²) in [4.78, 5) is 25.4. The van der Waals surface area contributed by atoms with Crippen LogP contribution in [0.15, 0.2) is 23.4 Å². The smallest absolute Gasteiger partial charge is 0.316 e. The molecule has 1 heterocycles. The van der Waals surface area contributed by atoms with E-state index < -0.39 is 0 Å². The predicted molar refractivity (Wildman–Crippen MR) is 131 cm³/mol. The van der Waals surface area contributed by atoms with E-state index in [1.165, 1.54) is 31.0 Å². The van der Waals surface area contributed by atoms with Crippen LogP contribution in [0.25, 0.3) is 5.69 Å². The summed E-state index contributed by atoms with van der Waals surface area (Å²) in [6.45, 7) is 4.33. The number of hydrogen-bond acceptors (Lipinski definition) is 6. The Morgan fingerprint density at radius 3 is 2.50 bits per heavy atom. The number of benzene rings is 1. The highest BCUT2D eigenvalue weighted by molar-refractivity contribution is 7.99. The van der Waals surface area contributed by atoms with Crippen molar-refractivity contribution in [3.8, 4) is 5.69 Å². The highest BCUT2D eigenvalue weighted by Gasteiger charge is 2.54. The van der Waals surface area contributed by atoms with Crippen molar-refractivity contribution >= 4 is 35.2 Å². The Labute approximate surface area is 209 Å². The molecule has 1 amide bonds. The highest BCUT2D eigenvalue weighted by Crippen LogP contribution is 2.60. The molecular formula is C25H31ClN4O3S. The van der Waals surface area contributed by atoms with Gasteiger partial charge >= 0.3 is 5.97 Å². The summed E-state index contributed by atoms with van der Waals surface area (Å²) in [6.07, 6.45) is 6.96. The number of carbonyl (C=O) groups excluding carboxylic acids is 2. The van der Waals surface area contributed by atoms with Gasteiger partial charge < -0.3 is 10.1 Å². The first-order valence-electron chi connectivity index (χ1n) is 12.1. The maximum Gasteiger partial charge on any atom is 0.316 e. The molecule has 4 aliphatic carbocycles. The van der Waals surface area contributed by atoms with E-state index in [2.05, 4.69) is 15.5 Å². The number of carbonyl (C=O) groups is 2. The molecule has 34 heavy (non-hydrogen) atoms. The minimum atomic E-state index is -0.304. The fourth-order valence-electron chi connectivity index (χ4n) is 6.65. The quantitative estimate of drug-likeness (QED) is 0.415. The van der Waals surface area contributed by atoms with Crippen molar-refractivity contribution in [1.29, 1.82) is 0 Å². The van der Waals surface area contributed by atoms with Crippen molar-refractivity contribution in [2.45, 2.75) is 64.1 Å². The Hall–Kier alpha value is -2.06. The molecule has 1 N–H and O–H groups in total. The van der Waals surface area contributed by atoms with Crippen molar-refractivity contribution in [3.63, 3.8) is 0 Å². The van der Waals surface area contributed by atoms with Crippen LogP contribution in [0, 0.1) is 30.1 Å². The van der Waals surface area contributed by atoms with Gasteiger partial charge in [-0.15, -0.1) is 10.2 Å². The van der Waals surface area contributed by atoms with Crippen LogP contribution in [0.4, 0.5) is 0 Å². The van der Waals surface area contributed by atoms with E-state index in [1.54, 1.807) is 6.92 Å². The van der Waals surface area contributed by atoms with Crippen LogP contribution in [0.5, 0.6) is 0 Å². The predicted octanol–water partition coefficient (Wildman–Crippen LogP) is 4.72. The first-order valence-corrected chi connectivity index (χ1v) is 13.5. The van der Waals surface area contributed by atoms with Gasteiger partial charge in [-0.25, -0.2) is 0 Å². The van der Waals surface area contributed by atoms with Gasteiger partial charge in [-0.1, -0.05) is 29.4 Å². The van der Waals surface area contributed by atoms with Gasteiger partial charge in [0, 0.05) is 10.4 Å². The monoisotopic (exact) mass is 502 g/mol. The second kappa shape index (κ2) is 9.53. The van der Waals surface area contributed by atoms with E-state index >= 15 is 0 Å². The van der Waals surface area contributed by atoms with Crippen LogP contribution >= 0.6 is 23.4 Å². The van der Waals surface area contributed by atoms with E-state index in [4.69, 9.17) is 16.3 Å². The summed E-state index contributed by atoms with van der Waals surface area (Å²) in [5, 5.41) is 13.1. The molecule has 1 aromatic carbocycles. The van der Waals surface area contributed by atoms with Gasteiger partial charge in [-0.3, -0.25) is 14.2 Å². The number of thioether (sulfide) groups is 1. The van der Waals surface area contributed by atoms with Crippen molar-refractivity contribution in [1.82, 2.24) is 20.1 Å². The molecule has 4 saturated carbocycles. The molecule has 0 saturated heterocycles. The second-order valence-corrected chi connectivity index (χ2v) is 11.4. The molecule has 0 spiro atoms. The third-order valence-corrected chi connectivity index (χ3v) is 9.04. The van der Waals surface area contributed by atoms with Gasteiger partial charge in [0.05, 0.1) is 24.6 Å². The molecule has 0 aliphatic heterocycles. The molecular weight excluding hydrogens is 472 g/mol.